The maximum Gasteiger partial charge on any atom is 0.305 e. The number of halogens is 1. The van der Waals surface area contributed by atoms with Crippen LogP contribution in [0.5, 0.6) is 0 Å². The van der Waals surface area contributed by atoms with Crippen LogP contribution in [0.4, 0.5) is 4.39 Å². The number of carbonyl (C=O) groups is 1. The second-order valence-corrected chi connectivity index (χ2v) is 3.22. The molecule has 13 heavy (non-hydrogen) atoms. The number of rotatable bonds is 7. The number of esters is 1. The van der Waals surface area contributed by atoms with E-state index in [-0.39, 0.29) is 0 Å². The van der Waals surface area contributed by atoms with Crippen LogP contribution in [-0.2, 0) is 9.53 Å². The predicted molar refractivity (Wildman–Crippen MR) is 50.0 cm³/mol. The third-order valence-corrected chi connectivity index (χ3v) is 1.83. The molecule has 0 aromatic carbocycles. The average Bonchev–Trinajstić information content (AvgIpc) is 2.02. The molecular formula is C10H19FO2. The minimum Gasteiger partial charge on any atom is -0.431 e. The summed E-state index contributed by atoms with van der Waals surface area (Å²) in [5.41, 5.74) is 0. The molecule has 0 aromatic rings. The van der Waals surface area contributed by atoms with Gasteiger partial charge in [-0.2, -0.15) is 0 Å². The fraction of sp³-hybridized carbons (Fsp3) is 0.900. The molecule has 0 aliphatic carbocycles. The Hall–Kier alpha value is -0.600. The SMILES string of the molecule is CCCCCCCC(F)OC(C)=O. The third-order valence-electron chi connectivity index (χ3n) is 1.83. The van der Waals surface area contributed by atoms with Crippen molar-refractivity contribution in [2.24, 2.45) is 0 Å². The average molecular weight is 190 g/mol. The highest BCUT2D eigenvalue weighted by molar-refractivity contribution is 5.65. The second kappa shape index (κ2) is 8.02. The van der Waals surface area contributed by atoms with Gasteiger partial charge in [0.25, 0.3) is 0 Å². The van der Waals surface area contributed by atoms with Crippen LogP contribution in [-0.4, -0.2) is 12.3 Å². The smallest absolute Gasteiger partial charge is 0.305 e. The normalized spacial score (nSPS) is 12.5. The molecule has 78 valence electrons. The summed E-state index contributed by atoms with van der Waals surface area (Å²) in [4.78, 5) is 10.3. The highest BCUT2D eigenvalue weighted by Gasteiger charge is 2.07. The predicted octanol–water partition coefficient (Wildman–Crippen LogP) is 3.21. The van der Waals surface area contributed by atoms with Crippen molar-refractivity contribution in [2.75, 3.05) is 0 Å². The van der Waals surface area contributed by atoms with E-state index in [9.17, 15) is 9.18 Å². The van der Waals surface area contributed by atoms with Gasteiger partial charge in [0, 0.05) is 13.3 Å². The Balaban J connectivity index is 3.17. The third kappa shape index (κ3) is 9.31. The van der Waals surface area contributed by atoms with E-state index in [0.29, 0.717) is 6.42 Å². The molecule has 1 atom stereocenters. The molecule has 0 heterocycles. The number of alkyl halides is 1. The van der Waals surface area contributed by atoms with Gasteiger partial charge in [-0.1, -0.05) is 32.6 Å². The van der Waals surface area contributed by atoms with Gasteiger partial charge in [0.15, 0.2) is 0 Å². The first kappa shape index (κ1) is 12.4. The number of hydrogen-bond donors (Lipinski definition) is 0. The summed E-state index contributed by atoms with van der Waals surface area (Å²) in [7, 11) is 0. The van der Waals surface area contributed by atoms with Gasteiger partial charge < -0.3 is 4.74 Å². The van der Waals surface area contributed by atoms with Crippen molar-refractivity contribution in [3.05, 3.63) is 0 Å². The molecule has 1 unspecified atom stereocenters. The molecule has 0 fully saturated rings. The lowest BCUT2D eigenvalue weighted by Crippen LogP contribution is -2.10. The summed E-state index contributed by atoms with van der Waals surface area (Å²) < 4.78 is 17.1. The zero-order valence-corrected chi connectivity index (χ0v) is 8.51. The Labute approximate surface area is 79.5 Å². The lowest BCUT2D eigenvalue weighted by atomic mass is 10.1. The summed E-state index contributed by atoms with van der Waals surface area (Å²) >= 11 is 0. The second-order valence-electron chi connectivity index (χ2n) is 3.22. The van der Waals surface area contributed by atoms with Crippen molar-refractivity contribution in [1.82, 2.24) is 0 Å². The molecule has 2 nitrogen and oxygen atoms in total. The van der Waals surface area contributed by atoms with Gasteiger partial charge >= 0.3 is 5.97 Å². The maximum atomic E-state index is 12.7. The van der Waals surface area contributed by atoms with Gasteiger partial charge in [0.1, 0.15) is 0 Å². The summed E-state index contributed by atoms with van der Waals surface area (Å²) in [6, 6.07) is 0. The molecular weight excluding hydrogens is 171 g/mol. The van der Waals surface area contributed by atoms with Crippen molar-refractivity contribution in [1.29, 1.82) is 0 Å². The van der Waals surface area contributed by atoms with Crippen LogP contribution in [0, 0.1) is 0 Å². The molecule has 0 saturated carbocycles. The lowest BCUT2D eigenvalue weighted by Gasteiger charge is -2.07. The van der Waals surface area contributed by atoms with Gasteiger partial charge in [0.05, 0.1) is 0 Å². The molecule has 0 spiro atoms. The van der Waals surface area contributed by atoms with Gasteiger partial charge in [0.2, 0.25) is 6.36 Å². The van der Waals surface area contributed by atoms with Crippen molar-refractivity contribution in [3.63, 3.8) is 0 Å². The van der Waals surface area contributed by atoms with Gasteiger partial charge in [-0.15, -0.1) is 0 Å². The fourth-order valence-corrected chi connectivity index (χ4v) is 1.15. The number of carbonyl (C=O) groups excluding carboxylic acids is 1. The lowest BCUT2D eigenvalue weighted by molar-refractivity contribution is -0.155. The quantitative estimate of drug-likeness (QED) is 0.455. The molecule has 0 radical (unpaired) electrons. The van der Waals surface area contributed by atoms with Crippen LogP contribution in [0.1, 0.15) is 52.4 Å². The standard InChI is InChI=1S/C10H19FO2/c1-3-4-5-6-7-8-10(11)13-9(2)12/h10H,3-8H2,1-2H3. The van der Waals surface area contributed by atoms with Gasteiger partial charge in [-0.3, -0.25) is 4.79 Å². The monoisotopic (exact) mass is 190 g/mol. The molecule has 0 amide bonds. The van der Waals surface area contributed by atoms with Crippen molar-refractivity contribution in [3.8, 4) is 0 Å². The van der Waals surface area contributed by atoms with Crippen molar-refractivity contribution < 1.29 is 13.9 Å². The van der Waals surface area contributed by atoms with Crippen LogP contribution in [0.3, 0.4) is 0 Å². The Morgan fingerprint density at radius 2 is 1.92 bits per heavy atom. The summed E-state index contributed by atoms with van der Waals surface area (Å²) in [5, 5.41) is 0. The minimum atomic E-state index is -1.40. The highest BCUT2D eigenvalue weighted by atomic mass is 19.1. The van der Waals surface area contributed by atoms with Crippen molar-refractivity contribution >= 4 is 5.97 Å². The number of unbranched alkanes of at least 4 members (excludes halogenated alkanes) is 4. The van der Waals surface area contributed by atoms with Crippen LogP contribution < -0.4 is 0 Å². The first-order valence-electron chi connectivity index (χ1n) is 4.98. The van der Waals surface area contributed by atoms with Crippen LogP contribution in [0.15, 0.2) is 0 Å². The van der Waals surface area contributed by atoms with E-state index in [2.05, 4.69) is 11.7 Å². The Morgan fingerprint density at radius 1 is 1.31 bits per heavy atom. The molecule has 0 aliphatic heterocycles. The van der Waals surface area contributed by atoms with Gasteiger partial charge in [-0.05, 0) is 6.42 Å². The molecule has 3 heteroatoms. The Bertz CT molecular complexity index is 137. The first-order chi connectivity index (χ1) is 6.16. The van der Waals surface area contributed by atoms with E-state index in [0.717, 1.165) is 19.3 Å². The largest absolute Gasteiger partial charge is 0.431 e. The number of ether oxygens (including phenoxy) is 1. The van der Waals surface area contributed by atoms with E-state index in [1.165, 1.54) is 19.8 Å². The van der Waals surface area contributed by atoms with Crippen LogP contribution in [0.25, 0.3) is 0 Å². The van der Waals surface area contributed by atoms with E-state index in [1.54, 1.807) is 0 Å². The highest BCUT2D eigenvalue weighted by Crippen LogP contribution is 2.10. The van der Waals surface area contributed by atoms with Gasteiger partial charge in [-0.25, -0.2) is 4.39 Å². The zero-order valence-electron chi connectivity index (χ0n) is 8.51. The molecule has 0 aromatic heterocycles. The summed E-state index contributed by atoms with van der Waals surface area (Å²) in [6.45, 7) is 3.36. The molecule has 0 aliphatic rings. The zero-order chi connectivity index (χ0) is 10.1. The van der Waals surface area contributed by atoms with Crippen LogP contribution >= 0.6 is 0 Å². The molecule has 0 rings (SSSR count). The van der Waals surface area contributed by atoms with E-state index < -0.39 is 12.3 Å². The number of hydrogen-bond acceptors (Lipinski definition) is 2. The Morgan fingerprint density at radius 3 is 2.46 bits per heavy atom. The van der Waals surface area contributed by atoms with Crippen LogP contribution in [0.2, 0.25) is 0 Å². The molecule has 0 saturated heterocycles. The molecule has 0 N–H and O–H groups in total. The van der Waals surface area contributed by atoms with Crippen molar-refractivity contribution in [2.45, 2.75) is 58.7 Å². The summed E-state index contributed by atoms with van der Waals surface area (Å²) in [5.74, 6) is -0.541. The maximum absolute atomic E-state index is 12.7. The summed E-state index contributed by atoms with van der Waals surface area (Å²) in [6.07, 6.45) is 4.28. The van der Waals surface area contributed by atoms with E-state index in [4.69, 9.17) is 0 Å². The fourth-order valence-electron chi connectivity index (χ4n) is 1.15. The van der Waals surface area contributed by atoms with E-state index in [1.807, 2.05) is 0 Å². The Kier molecular flexibility index (Phi) is 7.65. The molecule has 0 bridgehead atoms. The van der Waals surface area contributed by atoms with E-state index >= 15 is 0 Å². The topological polar surface area (TPSA) is 26.3 Å². The minimum absolute atomic E-state index is 0.337. The first-order valence-corrected chi connectivity index (χ1v) is 4.98.